The van der Waals surface area contributed by atoms with Gasteiger partial charge >= 0.3 is 0 Å². The Morgan fingerprint density at radius 3 is 2.50 bits per heavy atom. The maximum absolute atomic E-state index is 12.4. The van der Waals surface area contributed by atoms with Gasteiger partial charge in [0, 0.05) is 18.0 Å². The maximum atomic E-state index is 12.4. The Hall–Kier alpha value is -2.30. The summed E-state index contributed by atoms with van der Waals surface area (Å²) in [5.41, 5.74) is 0.770. The van der Waals surface area contributed by atoms with Gasteiger partial charge in [0.25, 0.3) is 11.8 Å². The Kier molecular flexibility index (Phi) is 2.36. The van der Waals surface area contributed by atoms with Gasteiger partial charge in [-0.1, -0.05) is 18.2 Å². The first kappa shape index (κ1) is 11.5. The summed E-state index contributed by atoms with van der Waals surface area (Å²) in [7, 11) is 0. The van der Waals surface area contributed by atoms with Crippen molar-refractivity contribution in [1.29, 1.82) is 0 Å². The van der Waals surface area contributed by atoms with E-state index in [0.717, 1.165) is 17.0 Å². The first-order valence-electron chi connectivity index (χ1n) is 6.76. The molecule has 0 aromatic carbocycles. The number of hydrazone groups is 1. The zero-order valence-electron chi connectivity index (χ0n) is 10.7. The predicted molar refractivity (Wildman–Crippen MR) is 71.4 cm³/mol. The number of rotatable bonds is 2. The average Bonchev–Trinajstić information content (AvgIpc) is 3.13. The first-order chi connectivity index (χ1) is 9.75. The van der Waals surface area contributed by atoms with Crippen LogP contribution in [-0.2, 0) is 9.59 Å². The van der Waals surface area contributed by atoms with E-state index >= 15 is 0 Å². The van der Waals surface area contributed by atoms with E-state index in [0.29, 0.717) is 0 Å². The molecule has 2 amide bonds. The fraction of sp³-hybridized carbons (Fsp3) is 0.333. The van der Waals surface area contributed by atoms with Gasteiger partial charge in [0.15, 0.2) is 0 Å². The van der Waals surface area contributed by atoms with Crippen LogP contribution in [0.4, 0.5) is 0 Å². The Balaban J connectivity index is 1.61. The normalized spacial score (nSPS) is 34.5. The molecule has 2 fully saturated rings. The van der Waals surface area contributed by atoms with Crippen LogP contribution in [0.15, 0.2) is 41.8 Å². The number of imide groups is 1. The molecule has 2 aliphatic carbocycles. The van der Waals surface area contributed by atoms with Crippen LogP contribution >= 0.6 is 0 Å². The van der Waals surface area contributed by atoms with Gasteiger partial charge in [-0.05, 0) is 24.3 Å². The summed E-state index contributed by atoms with van der Waals surface area (Å²) >= 11 is 0. The van der Waals surface area contributed by atoms with E-state index in [1.54, 1.807) is 18.5 Å². The van der Waals surface area contributed by atoms with Crippen LogP contribution in [0.3, 0.4) is 0 Å². The molecule has 1 aromatic heterocycles. The number of hydrogen-bond donors (Lipinski definition) is 0. The van der Waals surface area contributed by atoms with E-state index in [9.17, 15) is 9.59 Å². The Labute approximate surface area is 116 Å². The molecule has 0 unspecified atom stereocenters. The molecule has 2 heterocycles. The molecule has 4 atom stereocenters. The number of carbonyl (C=O) groups excluding carboxylic acids is 2. The van der Waals surface area contributed by atoms with Crippen molar-refractivity contribution >= 4 is 18.0 Å². The van der Waals surface area contributed by atoms with Gasteiger partial charge in [0.05, 0.1) is 18.1 Å². The van der Waals surface area contributed by atoms with Gasteiger partial charge < -0.3 is 0 Å². The quantitative estimate of drug-likeness (QED) is 0.460. The van der Waals surface area contributed by atoms with Crippen molar-refractivity contribution < 1.29 is 9.59 Å². The summed E-state index contributed by atoms with van der Waals surface area (Å²) in [4.78, 5) is 28.7. The van der Waals surface area contributed by atoms with Gasteiger partial charge in [0.2, 0.25) is 0 Å². The molecule has 1 aromatic rings. The maximum Gasteiger partial charge on any atom is 0.254 e. The van der Waals surface area contributed by atoms with Crippen molar-refractivity contribution in [3.05, 3.63) is 42.2 Å². The minimum absolute atomic E-state index is 0.156. The largest absolute Gasteiger partial charge is 0.272 e. The van der Waals surface area contributed by atoms with Gasteiger partial charge in [-0.15, -0.1) is 0 Å². The molecule has 5 nitrogen and oxygen atoms in total. The minimum Gasteiger partial charge on any atom is -0.272 e. The van der Waals surface area contributed by atoms with Gasteiger partial charge in [-0.2, -0.15) is 10.1 Å². The molecule has 2 bridgehead atoms. The number of pyridine rings is 1. The first-order valence-corrected chi connectivity index (χ1v) is 6.76. The van der Waals surface area contributed by atoms with Crippen LogP contribution < -0.4 is 0 Å². The third-order valence-electron chi connectivity index (χ3n) is 4.45. The fourth-order valence-corrected chi connectivity index (χ4v) is 3.58. The van der Waals surface area contributed by atoms with Crippen LogP contribution in [0.1, 0.15) is 12.0 Å². The highest BCUT2D eigenvalue weighted by atomic mass is 16.2. The van der Waals surface area contributed by atoms with Crippen molar-refractivity contribution in [3.8, 4) is 0 Å². The molecule has 1 aliphatic heterocycles. The van der Waals surface area contributed by atoms with Crippen LogP contribution in [0.5, 0.6) is 0 Å². The van der Waals surface area contributed by atoms with Gasteiger partial charge in [-0.25, -0.2) is 0 Å². The lowest BCUT2D eigenvalue weighted by Crippen LogP contribution is -2.28. The van der Waals surface area contributed by atoms with E-state index in [-0.39, 0.29) is 35.5 Å². The topological polar surface area (TPSA) is 62.6 Å². The second-order valence-electron chi connectivity index (χ2n) is 5.52. The molecular weight excluding hydrogens is 254 g/mol. The van der Waals surface area contributed by atoms with Crippen LogP contribution in [0.25, 0.3) is 0 Å². The Morgan fingerprint density at radius 2 is 1.90 bits per heavy atom. The number of carbonyl (C=O) groups is 2. The number of nitrogens with zero attached hydrogens (tertiary/aromatic N) is 3. The van der Waals surface area contributed by atoms with Crippen molar-refractivity contribution in [1.82, 2.24) is 9.99 Å². The molecule has 5 heteroatoms. The predicted octanol–water partition coefficient (Wildman–Crippen LogP) is 1.22. The molecular formula is C15H13N3O2. The molecule has 1 saturated carbocycles. The Morgan fingerprint density at radius 1 is 1.20 bits per heavy atom. The van der Waals surface area contributed by atoms with E-state index in [4.69, 9.17) is 0 Å². The van der Waals surface area contributed by atoms with Crippen molar-refractivity contribution in [3.63, 3.8) is 0 Å². The van der Waals surface area contributed by atoms with Crippen molar-refractivity contribution in [2.45, 2.75) is 6.42 Å². The highest BCUT2D eigenvalue weighted by Crippen LogP contribution is 2.52. The zero-order chi connectivity index (χ0) is 13.7. The summed E-state index contributed by atoms with van der Waals surface area (Å²) in [5, 5.41) is 5.13. The van der Waals surface area contributed by atoms with Crippen molar-refractivity contribution in [2.24, 2.45) is 28.8 Å². The van der Waals surface area contributed by atoms with E-state index < -0.39 is 0 Å². The molecule has 100 valence electrons. The average molecular weight is 267 g/mol. The molecule has 4 rings (SSSR count). The molecule has 20 heavy (non-hydrogen) atoms. The van der Waals surface area contributed by atoms with E-state index in [1.165, 1.54) is 6.21 Å². The number of allylic oxidation sites excluding steroid dienone is 2. The lowest BCUT2D eigenvalue weighted by Gasteiger charge is -2.13. The smallest absolute Gasteiger partial charge is 0.254 e. The highest BCUT2D eigenvalue weighted by Gasteiger charge is 2.59. The summed E-state index contributed by atoms with van der Waals surface area (Å²) < 4.78 is 0. The van der Waals surface area contributed by atoms with E-state index in [1.807, 2.05) is 6.07 Å². The number of fused-ring (bicyclic) bond motifs is 5. The lowest BCUT2D eigenvalue weighted by atomic mass is 9.85. The number of aromatic nitrogens is 1. The summed E-state index contributed by atoms with van der Waals surface area (Å²) in [6, 6.07) is 3.61. The summed E-state index contributed by atoms with van der Waals surface area (Å²) in [6.07, 6.45) is 9.90. The monoisotopic (exact) mass is 267 g/mol. The van der Waals surface area contributed by atoms with Crippen LogP contribution in [-0.4, -0.2) is 28.0 Å². The SMILES string of the molecule is O=C1[C@@H]2[C@H](C(=O)N1N=Cc1cccnc1)[C@H]1C=C[C@H]2C1. The minimum atomic E-state index is -0.191. The second kappa shape index (κ2) is 4.10. The van der Waals surface area contributed by atoms with E-state index in [2.05, 4.69) is 22.2 Å². The van der Waals surface area contributed by atoms with Crippen molar-refractivity contribution in [2.75, 3.05) is 0 Å². The van der Waals surface area contributed by atoms with Gasteiger partial charge in [0.1, 0.15) is 0 Å². The lowest BCUT2D eigenvalue weighted by molar-refractivity contribution is -0.140. The molecule has 3 aliphatic rings. The van der Waals surface area contributed by atoms with Gasteiger partial charge in [-0.3, -0.25) is 14.6 Å². The van der Waals surface area contributed by atoms with Crippen LogP contribution in [0, 0.1) is 23.7 Å². The standard InChI is InChI=1S/C15H13N3O2/c19-14-12-10-3-4-11(6-10)13(12)15(20)18(14)17-8-9-2-1-5-16-7-9/h1-5,7-8,10-13H,6H2/t10-,11-,12-,13+/m0/s1. The number of amides is 2. The number of hydrogen-bond acceptors (Lipinski definition) is 4. The molecule has 0 N–H and O–H groups in total. The molecule has 1 saturated heterocycles. The molecule has 0 radical (unpaired) electrons. The Bertz CT molecular complexity index is 608. The third-order valence-corrected chi connectivity index (χ3v) is 4.45. The molecule has 0 spiro atoms. The second-order valence-corrected chi connectivity index (χ2v) is 5.52. The summed E-state index contributed by atoms with van der Waals surface area (Å²) in [5.74, 6) is -0.249. The fourth-order valence-electron chi connectivity index (χ4n) is 3.58. The third kappa shape index (κ3) is 1.49. The highest BCUT2D eigenvalue weighted by molar-refractivity contribution is 6.06. The zero-order valence-corrected chi connectivity index (χ0v) is 10.7. The summed E-state index contributed by atoms with van der Waals surface area (Å²) in [6.45, 7) is 0. The van der Waals surface area contributed by atoms with Crippen LogP contribution in [0.2, 0.25) is 0 Å².